The minimum absolute atomic E-state index is 0.0761. The summed E-state index contributed by atoms with van der Waals surface area (Å²) in [7, 11) is 0. The van der Waals surface area contributed by atoms with Gasteiger partial charge in [0, 0.05) is 10.7 Å². The summed E-state index contributed by atoms with van der Waals surface area (Å²) >= 11 is 5.79. The van der Waals surface area contributed by atoms with E-state index in [2.05, 4.69) is 5.32 Å². The molecule has 0 saturated heterocycles. The lowest BCUT2D eigenvalue weighted by atomic mass is 10.2. The van der Waals surface area contributed by atoms with Gasteiger partial charge in [-0.2, -0.15) is 0 Å². The summed E-state index contributed by atoms with van der Waals surface area (Å²) in [6.07, 6.45) is -0.591. The minimum atomic E-state index is -0.591. The highest BCUT2D eigenvalue weighted by molar-refractivity contribution is 6.30. The molecule has 0 bridgehead atoms. The van der Waals surface area contributed by atoms with Gasteiger partial charge in [0.2, 0.25) is 0 Å². The highest BCUT2D eigenvalue weighted by atomic mass is 35.5. The van der Waals surface area contributed by atoms with Crippen molar-refractivity contribution < 1.29 is 13.9 Å². The SMILES string of the molecule is O=C(Nc1cccc(Cl)c1)OCc1ccc(F)cc1. The normalized spacial score (nSPS) is 10.0. The smallest absolute Gasteiger partial charge is 0.411 e. The van der Waals surface area contributed by atoms with Crippen molar-refractivity contribution in [3.8, 4) is 0 Å². The second-order valence-corrected chi connectivity index (χ2v) is 4.27. The van der Waals surface area contributed by atoms with Crippen LogP contribution in [0.15, 0.2) is 48.5 Å². The van der Waals surface area contributed by atoms with E-state index in [1.165, 1.54) is 12.1 Å². The van der Waals surface area contributed by atoms with Crippen molar-refractivity contribution in [3.05, 3.63) is 64.9 Å². The van der Waals surface area contributed by atoms with Crippen LogP contribution < -0.4 is 5.32 Å². The van der Waals surface area contributed by atoms with E-state index in [4.69, 9.17) is 16.3 Å². The van der Waals surface area contributed by atoms with Gasteiger partial charge >= 0.3 is 6.09 Å². The average molecular weight is 280 g/mol. The number of nitrogens with one attached hydrogen (secondary N) is 1. The number of carbonyl (C=O) groups is 1. The Kier molecular flexibility index (Phi) is 4.36. The van der Waals surface area contributed by atoms with Gasteiger partial charge in [-0.15, -0.1) is 0 Å². The van der Waals surface area contributed by atoms with Gasteiger partial charge in [-0.25, -0.2) is 9.18 Å². The molecule has 2 aromatic rings. The van der Waals surface area contributed by atoms with E-state index in [1.54, 1.807) is 36.4 Å². The molecular weight excluding hydrogens is 269 g/mol. The Morgan fingerprint density at radius 3 is 2.63 bits per heavy atom. The predicted molar refractivity (Wildman–Crippen MR) is 71.7 cm³/mol. The molecule has 0 aliphatic heterocycles. The number of carbonyl (C=O) groups excluding carboxylic acids is 1. The summed E-state index contributed by atoms with van der Waals surface area (Å²) in [5, 5.41) is 3.07. The topological polar surface area (TPSA) is 38.3 Å². The average Bonchev–Trinajstić information content (AvgIpc) is 2.38. The lowest BCUT2D eigenvalue weighted by Gasteiger charge is -2.07. The van der Waals surface area contributed by atoms with Crippen LogP contribution in [0.1, 0.15) is 5.56 Å². The van der Waals surface area contributed by atoms with E-state index in [0.29, 0.717) is 16.3 Å². The summed E-state index contributed by atoms with van der Waals surface area (Å²) in [5.41, 5.74) is 1.26. The molecule has 0 atom stereocenters. The van der Waals surface area contributed by atoms with Crippen LogP contribution in [-0.4, -0.2) is 6.09 Å². The van der Waals surface area contributed by atoms with Crippen molar-refractivity contribution in [2.24, 2.45) is 0 Å². The van der Waals surface area contributed by atoms with Crippen LogP contribution in [0.4, 0.5) is 14.9 Å². The Labute approximate surface area is 115 Å². The highest BCUT2D eigenvalue weighted by Gasteiger charge is 2.04. The van der Waals surface area contributed by atoms with Crippen molar-refractivity contribution in [1.29, 1.82) is 0 Å². The lowest BCUT2D eigenvalue weighted by Crippen LogP contribution is -2.13. The van der Waals surface area contributed by atoms with Crippen LogP contribution in [0.2, 0.25) is 5.02 Å². The van der Waals surface area contributed by atoms with Crippen molar-refractivity contribution in [2.75, 3.05) is 5.32 Å². The molecule has 0 aromatic heterocycles. The Balaban J connectivity index is 1.86. The summed E-state index contributed by atoms with van der Waals surface area (Å²) in [6, 6.07) is 12.5. The third-order valence-electron chi connectivity index (χ3n) is 2.35. The van der Waals surface area contributed by atoms with E-state index in [0.717, 1.165) is 0 Å². The second-order valence-electron chi connectivity index (χ2n) is 3.84. The highest BCUT2D eigenvalue weighted by Crippen LogP contribution is 2.15. The number of benzene rings is 2. The standard InChI is InChI=1S/C14H11ClFNO2/c15-11-2-1-3-13(8-11)17-14(18)19-9-10-4-6-12(16)7-5-10/h1-8H,9H2,(H,17,18). The Bertz CT molecular complexity index is 572. The third-order valence-corrected chi connectivity index (χ3v) is 2.59. The number of hydrogen-bond acceptors (Lipinski definition) is 2. The summed E-state index contributed by atoms with van der Waals surface area (Å²) in [4.78, 5) is 11.5. The number of halogens is 2. The van der Waals surface area contributed by atoms with E-state index in [1.807, 2.05) is 0 Å². The van der Waals surface area contributed by atoms with Crippen LogP contribution in [0, 0.1) is 5.82 Å². The Morgan fingerprint density at radius 1 is 1.21 bits per heavy atom. The largest absolute Gasteiger partial charge is 0.444 e. The summed E-state index contributed by atoms with van der Waals surface area (Å²) in [5.74, 6) is -0.327. The predicted octanol–water partition coefficient (Wildman–Crippen LogP) is 4.23. The van der Waals surface area contributed by atoms with Crippen molar-refractivity contribution in [3.63, 3.8) is 0 Å². The zero-order valence-corrected chi connectivity index (χ0v) is 10.7. The quantitative estimate of drug-likeness (QED) is 0.913. The first-order chi connectivity index (χ1) is 9.13. The van der Waals surface area contributed by atoms with E-state index >= 15 is 0 Å². The summed E-state index contributed by atoms with van der Waals surface area (Å²) < 4.78 is 17.7. The molecule has 0 aliphatic carbocycles. The molecule has 5 heteroatoms. The first-order valence-corrected chi connectivity index (χ1v) is 5.95. The molecule has 98 valence electrons. The van der Waals surface area contributed by atoms with Gasteiger partial charge in [-0.1, -0.05) is 29.8 Å². The van der Waals surface area contributed by atoms with E-state index in [-0.39, 0.29) is 12.4 Å². The monoisotopic (exact) mass is 279 g/mol. The van der Waals surface area contributed by atoms with Crippen molar-refractivity contribution >= 4 is 23.4 Å². The molecule has 2 aromatic carbocycles. The molecule has 0 heterocycles. The molecule has 0 saturated carbocycles. The molecule has 3 nitrogen and oxygen atoms in total. The van der Waals surface area contributed by atoms with Crippen LogP contribution in [0.3, 0.4) is 0 Å². The van der Waals surface area contributed by atoms with Crippen LogP contribution in [-0.2, 0) is 11.3 Å². The first kappa shape index (κ1) is 13.4. The molecule has 19 heavy (non-hydrogen) atoms. The van der Waals surface area contributed by atoms with Gasteiger partial charge in [-0.3, -0.25) is 5.32 Å². The third kappa shape index (κ3) is 4.26. The summed E-state index contributed by atoms with van der Waals surface area (Å²) in [6.45, 7) is 0.0761. The Morgan fingerprint density at radius 2 is 1.95 bits per heavy atom. The molecule has 0 fully saturated rings. The van der Waals surface area contributed by atoms with Gasteiger partial charge in [-0.05, 0) is 35.9 Å². The van der Waals surface area contributed by atoms with Crippen molar-refractivity contribution in [1.82, 2.24) is 0 Å². The maximum absolute atomic E-state index is 12.7. The van der Waals surface area contributed by atoms with E-state index in [9.17, 15) is 9.18 Å². The van der Waals surface area contributed by atoms with E-state index < -0.39 is 6.09 Å². The number of ether oxygens (including phenoxy) is 1. The van der Waals surface area contributed by atoms with Gasteiger partial charge in [0.1, 0.15) is 12.4 Å². The molecule has 0 spiro atoms. The van der Waals surface area contributed by atoms with Crippen LogP contribution in [0.5, 0.6) is 0 Å². The van der Waals surface area contributed by atoms with Gasteiger partial charge in [0.05, 0.1) is 0 Å². The van der Waals surface area contributed by atoms with Gasteiger partial charge in [0.25, 0.3) is 0 Å². The fourth-order valence-electron chi connectivity index (χ4n) is 1.45. The van der Waals surface area contributed by atoms with Gasteiger partial charge in [0.15, 0.2) is 0 Å². The fourth-order valence-corrected chi connectivity index (χ4v) is 1.64. The molecular formula is C14H11ClFNO2. The number of rotatable bonds is 3. The second kappa shape index (κ2) is 6.20. The zero-order valence-electron chi connectivity index (χ0n) is 9.90. The Hall–Kier alpha value is -2.07. The van der Waals surface area contributed by atoms with Crippen molar-refractivity contribution in [2.45, 2.75) is 6.61 Å². The minimum Gasteiger partial charge on any atom is -0.444 e. The lowest BCUT2D eigenvalue weighted by molar-refractivity contribution is 0.155. The zero-order chi connectivity index (χ0) is 13.7. The van der Waals surface area contributed by atoms with Gasteiger partial charge < -0.3 is 4.74 Å². The van der Waals surface area contributed by atoms with Crippen LogP contribution >= 0.6 is 11.6 Å². The maximum Gasteiger partial charge on any atom is 0.411 e. The number of hydrogen-bond donors (Lipinski definition) is 1. The first-order valence-electron chi connectivity index (χ1n) is 5.57. The fraction of sp³-hybridized carbons (Fsp3) is 0.0714. The van der Waals surface area contributed by atoms with Crippen LogP contribution in [0.25, 0.3) is 0 Å². The molecule has 1 amide bonds. The molecule has 0 unspecified atom stereocenters. The molecule has 2 rings (SSSR count). The molecule has 0 radical (unpaired) electrons. The number of amides is 1. The number of anilines is 1. The maximum atomic E-state index is 12.7. The molecule has 0 aliphatic rings. The molecule has 1 N–H and O–H groups in total.